The van der Waals surface area contributed by atoms with E-state index in [4.69, 9.17) is 9.26 Å². The molecule has 0 unspecified atom stereocenters. The molecular weight excluding hydrogens is 366 g/mol. The van der Waals surface area contributed by atoms with Crippen LogP contribution in [0.2, 0.25) is 0 Å². The Labute approximate surface area is 171 Å². The van der Waals surface area contributed by atoms with Crippen LogP contribution in [0.5, 0.6) is 5.75 Å². The second kappa shape index (κ2) is 8.29. The number of rotatable bonds is 5. The molecule has 0 spiro atoms. The Morgan fingerprint density at radius 3 is 2.76 bits per heavy atom. The summed E-state index contributed by atoms with van der Waals surface area (Å²) < 4.78 is 10.9. The molecule has 1 aliphatic rings. The molecular formula is C22H27N5O2. The van der Waals surface area contributed by atoms with Gasteiger partial charge in [0.1, 0.15) is 11.4 Å². The molecule has 0 radical (unpaired) electrons. The van der Waals surface area contributed by atoms with Crippen LogP contribution in [0.15, 0.2) is 29.0 Å². The van der Waals surface area contributed by atoms with Crippen LogP contribution in [-0.4, -0.2) is 45.2 Å². The van der Waals surface area contributed by atoms with Gasteiger partial charge in [0.25, 0.3) is 5.89 Å². The molecule has 0 N–H and O–H groups in total. The Bertz CT molecular complexity index is 983. The molecule has 3 heterocycles. The molecule has 0 aliphatic carbocycles. The standard InChI is InChI=1S/C22H27N5O2/c1-14-10-24-19(11-23-14)22-25-21(26-29-22)18-6-5-9-27(13-18)12-17-7-8-20(28-4)16(3)15(17)2/h7-8,10-11,18H,5-6,9,12-13H2,1-4H3/t18-/m1/s1. The van der Waals surface area contributed by atoms with E-state index >= 15 is 0 Å². The Hall–Kier alpha value is -2.80. The van der Waals surface area contributed by atoms with E-state index in [2.05, 4.69) is 51.0 Å². The maximum absolute atomic E-state index is 5.46. The second-order valence-electron chi connectivity index (χ2n) is 7.75. The Morgan fingerprint density at radius 2 is 2.00 bits per heavy atom. The fourth-order valence-electron chi connectivity index (χ4n) is 3.90. The van der Waals surface area contributed by atoms with E-state index in [0.29, 0.717) is 11.6 Å². The van der Waals surface area contributed by atoms with E-state index in [-0.39, 0.29) is 5.92 Å². The Morgan fingerprint density at radius 1 is 1.14 bits per heavy atom. The van der Waals surface area contributed by atoms with Gasteiger partial charge in [0, 0.05) is 25.2 Å². The molecule has 1 saturated heterocycles. The van der Waals surface area contributed by atoms with E-state index in [1.165, 1.54) is 16.7 Å². The van der Waals surface area contributed by atoms with Gasteiger partial charge in [-0.05, 0) is 62.9 Å². The van der Waals surface area contributed by atoms with E-state index in [1.807, 2.05) is 6.92 Å². The highest BCUT2D eigenvalue weighted by molar-refractivity contribution is 5.44. The minimum absolute atomic E-state index is 0.263. The zero-order valence-electron chi connectivity index (χ0n) is 17.5. The van der Waals surface area contributed by atoms with Crippen molar-refractivity contribution in [3.05, 3.63) is 52.7 Å². The van der Waals surface area contributed by atoms with Crippen molar-refractivity contribution in [3.8, 4) is 17.3 Å². The smallest absolute Gasteiger partial charge is 0.278 e. The summed E-state index contributed by atoms with van der Waals surface area (Å²) in [5.74, 6) is 2.40. The number of benzene rings is 1. The first-order valence-corrected chi connectivity index (χ1v) is 10.0. The van der Waals surface area contributed by atoms with Gasteiger partial charge in [-0.3, -0.25) is 9.88 Å². The van der Waals surface area contributed by atoms with E-state index in [1.54, 1.807) is 19.5 Å². The molecule has 7 nitrogen and oxygen atoms in total. The van der Waals surface area contributed by atoms with Crippen molar-refractivity contribution < 1.29 is 9.26 Å². The lowest BCUT2D eigenvalue weighted by Crippen LogP contribution is -2.34. The van der Waals surface area contributed by atoms with Gasteiger partial charge < -0.3 is 9.26 Å². The zero-order valence-corrected chi connectivity index (χ0v) is 17.5. The van der Waals surface area contributed by atoms with Gasteiger partial charge in [-0.1, -0.05) is 11.2 Å². The zero-order chi connectivity index (χ0) is 20.4. The minimum Gasteiger partial charge on any atom is -0.496 e. The summed E-state index contributed by atoms with van der Waals surface area (Å²) in [4.78, 5) is 15.7. The van der Waals surface area contributed by atoms with Crippen molar-refractivity contribution in [2.75, 3.05) is 20.2 Å². The maximum Gasteiger partial charge on any atom is 0.278 e. The molecule has 2 aromatic heterocycles. The summed E-state index contributed by atoms with van der Waals surface area (Å²) in [6.45, 7) is 9.10. The number of aromatic nitrogens is 4. The molecule has 3 aromatic rings. The predicted octanol–water partition coefficient (Wildman–Crippen LogP) is 3.84. The highest BCUT2D eigenvalue weighted by atomic mass is 16.5. The van der Waals surface area contributed by atoms with Crippen molar-refractivity contribution in [1.29, 1.82) is 0 Å². The Kier molecular flexibility index (Phi) is 5.58. The topological polar surface area (TPSA) is 77.2 Å². The van der Waals surface area contributed by atoms with Gasteiger partial charge in [-0.25, -0.2) is 4.98 Å². The lowest BCUT2D eigenvalue weighted by molar-refractivity contribution is 0.194. The first-order chi connectivity index (χ1) is 14.0. The normalized spacial score (nSPS) is 17.4. The molecule has 4 rings (SSSR count). The van der Waals surface area contributed by atoms with Gasteiger partial charge in [0.2, 0.25) is 0 Å². The first kappa shape index (κ1) is 19.5. The molecule has 1 atom stereocenters. The number of piperidine rings is 1. The number of aryl methyl sites for hydroxylation is 1. The lowest BCUT2D eigenvalue weighted by Gasteiger charge is -2.31. The summed E-state index contributed by atoms with van der Waals surface area (Å²) in [7, 11) is 1.72. The van der Waals surface area contributed by atoms with Crippen molar-refractivity contribution in [3.63, 3.8) is 0 Å². The maximum atomic E-state index is 5.46. The molecule has 152 valence electrons. The summed E-state index contributed by atoms with van der Waals surface area (Å²) in [6.07, 6.45) is 5.57. The summed E-state index contributed by atoms with van der Waals surface area (Å²) in [6, 6.07) is 4.24. The number of nitrogens with zero attached hydrogens (tertiary/aromatic N) is 5. The van der Waals surface area contributed by atoms with Crippen molar-refractivity contribution in [2.24, 2.45) is 0 Å². The lowest BCUT2D eigenvalue weighted by atomic mass is 9.95. The monoisotopic (exact) mass is 393 g/mol. The largest absolute Gasteiger partial charge is 0.496 e. The molecule has 0 saturated carbocycles. The highest BCUT2D eigenvalue weighted by Crippen LogP contribution is 2.29. The number of likely N-dealkylation sites (tertiary alicyclic amines) is 1. The van der Waals surface area contributed by atoms with Gasteiger partial charge in [-0.15, -0.1) is 0 Å². The molecule has 1 aliphatic heterocycles. The number of ether oxygens (including phenoxy) is 1. The summed E-state index contributed by atoms with van der Waals surface area (Å²) in [5, 5.41) is 4.24. The van der Waals surface area contributed by atoms with Crippen LogP contribution < -0.4 is 4.74 Å². The molecule has 0 bridgehead atoms. The molecule has 7 heteroatoms. The van der Waals surface area contributed by atoms with Crippen molar-refractivity contribution in [2.45, 2.75) is 46.1 Å². The van der Waals surface area contributed by atoms with Gasteiger partial charge >= 0.3 is 0 Å². The quantitative estimate of drug-likeness (QED) is 0.652. The van der Waals surface area contributed by atoms with Crippen LogP contribution in [0.4, 0.5) is 0 Å². The van der Waals surface area contributed by atoms with Gasteiger partial charge in [-0.2, -0.15) is 4.98 Å². The number of methoxy groups -OCH3 is 1. The molecule has 29 heavy (non-hydrogen) atoms. The molecule has 1 fully saturated rings. The van der Waals surface area contributed by atoms with Gasteiger partial charge in [0.05, 0.1) is 19.0 Å². The number of hydrogen-bond acceptors (Lipinski definition) is 7. The van der Waals surface area contributed by atoms with E-state index in [0.717, 1.165) is 49.7 Å². The van der Waals surface area contributed by atoms with Crippen LogP contribution >= 0.6 is 0 Å². The average molecular weight is 393 g/mol. The van der Waals surface area contributed by atoms with Crippen LogP contribution in [0.3, 0.4) is 0 Å². The average Bonchev–Trinajstić information content (AvgIpc) is 3.23. The number of hydrogen-bond donors (Lipinski definition) is 0. The summed E-state index contributed by atoms with van der Waals surface area (Å²) in [5.41, 5.74) is 5.33. The van der Waals surface area contributed by atoms with Crippen LogP contribution in [0.1, 0.15) is 47.0 Å². The fourth-order valence-corrected chi connectivity index (χ4v) is 3.90. The van der Waals surface area contributed by atoms with E-state index in [9.17, 15) is 0 Å². The second-order valence-corrected chi connectivity index (χ2v) is 7.75. The molecule has 1 aromatic carbocycles. The van der Waals surface area contributed by atoms with Crippen molar-refractivity contribution in [1.82, 2.24) is 25.0 Å². The SMILES string of the molecule is COc1ccc(CN2CCC[C@@H](c3noc(-c4cnc(C)cn4)n3)C2)c(C)c1C. The van der Waals surface area contributed by atoms with Crippen LogP contribution in [-0.2, 0) is 6.54 Å². The van der Waals surface area contributed by atoms with Crippen molar-refractivity contribution >= 4 is 0 Å². The van der Waals surface area contributed by atoms with Crippen LogP contribution in [0.25, 0.3) is 11.6 Å². The third kappa shape index (κ3) is 4.15. The predicted molar refractivity (Wildman–Crippen MR) is 110 cm³/mol. The summed E-state index contributed by atoms with van der Waals surface area (Å²) >= 11 is 0. The van der Waals surface area contributed by atoms with Crippen LogP contribution in [0, 0.1) is 20.8 Å². The molecule has 0 amide bonds. The highest BCUT2D eigenvalue weighted by Gasteiger charge is 2.26. The third-order valence-corrected chi connectivity index (χ3v) is 5.78. The third-order valence-electron chi connectivity index (χ3n) is 5.78. The first-order valence-electron chi connectivity index (χ1n) is 10.0. The Balaban J connectivity index is 1.46. The fraction of sp³-hybridized carbons (Fsp3) is 0.455. The minimum atomic E-state index is 0.263. The van der Waals surface area contributed by atoms with Gasteiger partial charge in [0.15, 0.2) is 5.82 Å². The van der Waals surface area contributed by atoms with E-state index < -0.39 is 0 Å².